The minimum Gasteiger partial charge on any atom is -0.306 e. The van der Waals surface area contributed by atoms with Gasteiger partial charge in [0.2, 0.25) is 5.91 Å². The van der Waals surface area contributed by atoms with E-state index in [1.54, 1.807) is 29.2 Å². The third-order valence-electron chi connectivity index (χ3n) is 5.31. The number of carbonyl (C=O) groups excluding carboxylic acids is 1. The first-order chi connectivity index (χ1) is 12.8. The van der Waals surface area contributed by atoms with E-state index < -0.39 is 9.84 Å². The summed E-state index contributed by atoms with van der Waals surface area (Å²) >= 11 is 5.96. The molecular weight excluding hydrogens is 384 g/mol. The molecule has 142 valence electrons. The summed E-state index contributed by atoms with van der Waals surface area (Å²) in [5.41, 5.74) is 2.95. The molecule has 5 nitrogen and oxygen atoms in total. The van der Waals surface area contributed by atoms with Crippen LogP contribution in [0.3, 0.4) is 0 Å². The number of aryl methyl sites for hydroxylation is 1. The number of sulfone groups is 1. The predicted octanol–water partition coefficient (Wildman–Crippen LogP) is 2.66. The number of rotatable bonds is 3. The van der Waals surface area contributed by atoms with E-state index in [1.165, 1.54) is 5.56 Å². The van der Waals surface area contributed by atoms with Crippen molar-refractivity contribution in [3.05, 3.63) is 64.7 Å². The van der Waals surface area contributed by atoms with Crippen molar-refractivity contribution in [3.8, 4) is 0 Å². The zero-order valence-corrected chi connectivity index (χ0v) is 16.6. The number of halogens is 1. The molecule has 0 spiro atoms. The molecule has 4 rings (SSSR count). The highest BCUT2D eigenvalue weighted by Crippen LogP contribution is 2.33. The zero-order valence-electron chi connectivity index (χ0n) is 15.0. The Morgan fingerprint density at radius 3 is 2.30 bits per heavy atom. The van der Waals surface area contributed by atoms with E-state index in [2.05, 4.69) is 0 Å². The van der Waals surface area contributed by atoms with Crippen LogP contribution in [0.15, 0.2) is 48.5 Å². The summed E-state index contributed by atoms with van der Waals surface area (Å²) < 4.78 is 24.8. The van der Waals surface area contributed by atoms with Crippen LogP contribution in [-0.2, 0) is 21.2 Å². The fourth-order valence-electron chi connectivity index (χ4n) is 4.00. The van der Waals surface area contributed by atoms with Gasteiger partial charge in [0.05, 0.1) is 24.1 Å². The van der Waals surface area contributed by atoms with Crippen molar-refractivity contribution in [1.82, 2.24) is 4.90 Å². The molecule has 0 bridgehead atoms. The topological polar surface area (TPSA) is 57.7 Å². The Balaban J connectivity index is 1.65. The maximum absolute atomic E-state index is 12.9. The lowest BCUT2D eigenvalue weighted by Crippen LogP contribution is -2.61. The lowest BCUT2D eigenvalue weighted by Gasteiger charge is -2.43. The average molecular weight is 405 g/mol. The van der Waals surface area contributed by atoms with Crippen LogP contribution in [0, 0.1) is 6.92 Å². The van der Waals surface area contributed by atoms with E-state index in [9.17, 15) is 13.2 Å². The van der Waals surface area contributed by atoms with E-state index in [0.29, 0.717) is 17.3 Å². The normalized spacial score (nSPS) is 24.8. The fraction of sp³-hybridized carbons (Fsp3) is 0.350. The average Bonchev–Trinajstić information content (AvgIpc) is 2.93. The van der Waals surface area contributed by atoms with Gasteiger partial charge < -0.3 is 4.90 Å². The second-order valence-corrected chi connectivity index (χ2v) is 9.93. The van der Waals surface area contributed by atoms with Crippen LogP contribution < -0.4 is 4.90 Å². The summed E-state index contributed by atoms with van der Waals surface area (Å²) in [6.07, 6.45) is 0. The molecule has 0 aliphatic carbocycles. The molecule has 2 saturated heterocycles. The quantitative estimate of drug-likeness (QED) is 0.789. The van der Waals surface area contributed by atoms with Crippen LogP contribution in [0.2, 0.25) is 5.02 Å². The minimum atomic E-state index is -3.19. The van der Waals surface area contributed by atoms with Crippen molar-refractivity contribution in [2.45, 2.75) is 25.6 Å². The Morgan fingerprint density at radius 2 is 1.63 bits per heavy atom. The van der Waals surface area contributed by atoms with Crippen molar-refractivity contribution in [1.29, 1.82) is 0 Å². The molecule has 0 N–H and O–H groups in total. The van der Waals surface area contributed by atoms with Gasteiger partial charge in [0.1, 0.15) is 0 Å². The standard InChI is InChI=1S/C20H21ClN2O3S/c1-14-2-4-15(5-3-14)10-22-11-20(24)23(17-8-6-16(21)7-9-17)19-13-27(25,26)12-18(19)22/h2-9,18-19H,10-13H2,1H3. The predicted molar refractivity (Wildman–Crippen MR) is 107 cm³/mol. The highest BCUT2D eigenvalue weighted by atomic mass is 35.5. The second kappa shape index (κ2) is 6.93. The molecule has 0 radical (unpaired) electrons. The molecule has 2 atom stereocenters. The molecule has 2 aliphatic rings. The molecule has 1 amide bonds. The van der Waals surface area contributed by atoms with E-state index >= 15 is 0 Å². The van der Waals surface area contributed by atoms with Crippen LogP contribution in [0.5, 0.6) is 0 Å². The summed E-state index contributed by atoms with van der Waals surface area (Å²) in [6, 6.07) is 14.5. The monoisotopic (exact) mass is 404 g/mol. The van der Waals surface area contributed by atoms with Gasteiger partial charge in [-0.3, -0.25) is 9.69 Å². The summed E-state index contributed by atoms with van der Waals surface area (Å²) in [6.45, 7) is 2.79. The number of carbonyl (C=O) groups is 1. The maximum atomic E-state index is 12.9. The van der Waals surface area contributed by atoms with E-state index in [-0.39, 0.29) is 36.0 Å². The van der Waals surface area contributed by atoms with Crippen molar-refractivity contribution in [2.24, 2.45) is 0 Å². The largest absolute Gasteiger partial charge is 0.306 e. The smallest absolute Gasteiger partial charge is 0.241 e. The van der Waals surface area contributed by atoms with Gasteiger partial charge in [0, 0.05) is 23.3 Å². The van der Waals surface area contributed by atoms with Crippen molar-refractivity contribution >= 4 is 33.0 Å². The highest BCUT2D eigenvalue weighted by molar-refractivity contribution is 7.91. The lowest BCUT2D eigenvalue weighted by molar-refractivity contribution is -0.123. The van der Waals surface area contributed by atoms with E-state index in [4.69, 9.17) is 11.6 Å². The fourth-order valence-corrected chi connectivity index (χ4v) is 6.10. The van der Waals surface area contributed by atoms with E-state index in [0.717, 1.165) is 5.56 Å². The Morgan fingerprint density at radius 1 is 1.00 bits per heavy atom. The molecule has 27 heavy (non-hydrogen) atoms. The molecule has 2 aromatic carbocycles. The summed E-state index contributed by atoms with van der Waals surface area (Å²) in [7, 11) is -3.19. The third-order valence-corrected chi connectivity index (χ3v) is 7.26. The number of amides is 1. The number of anilines is 1. The third kappa shape index (κ3) is 3.74. The van der Waals surface area contributed by atoms with Crippen molar-refractivity contribution in [3.63, 3.8) is 0 Å². The number of nitrogens with zero attached hydrogens (tertiary/aromatic N) is 2. The lowest BCUT2D eigenvalue weighted by atomic mass is 10.0. The number of benzene rings is 2. The summed E-state index contributed by atoms with van der Waals surface area (Å²) in [4.78, 5) is 16.6. The van der Waals surface area contributed by atoms with Gasteiger partial charge in [-0.1, -0.05) is 41.4 Å². The van der Waals surface area contributed by atoms with Gasteiger partial charge in [-0.2, -0.15) is 0 Å². The molecule has 0 saturated carbocycles. The van der Waals surface area contributed by atoms with Crippen LogP contribution in [0.1, 0.15) is 11.1 Å². The Kier molecular flexibility index (Phi) is 4.74. The van der Waals surface area contributed by atoms with Gasteiger partial charge in [-0.25, -0.2) is 8.42 Å². The number of hydrogen-bond donors (Lipinski definition) is 0. The van der Waals surface area contributed by atoms with Crippen LogP contribution in [-0.4, -0.2) is 49.4 Å². The molecule has 2 fully saturated rings. The van der Waals surface area contributed by atoms with Crippen molar-refractivity contribution in [2.75, 3.05) is 23.0 Å². The Bertz CT molecular complexity index is 958. The number of fused-ring (bicyclic) bond motifs is 1. The molecule has 7 heteroatoms. The Hall–Kier alpha value is -1.89. The first kappa shape index (κ1) is 18.5. The SMILES string of the molecule is Cc1ccc(CN2CC(=O)N(c3ccc(Cl)cc3)C3CS(=O)(=O)CC32)cc1. The molecule has 2 aromatic rings. The molecule has 0 aromatic heterocycles. The first-order valence-electron chi connectivity index (χ1n) is 8.90. The van der Waals surface area contributed by atoms with Gasteiger partial charge in [0.15, 0.2) is 9.84 Å². The van der Waals surface area contributed by atoms with Crippen molar-refractivity contribution < 1.29 is 13.2 Å². The minimum absolute atomic E-state index is 0.00354. The molecule has 2 unspecified atom stereocenters. The highest BCUT2D eigenvalue weighted by Gasteiger charge is 2.49. The Labute approximate surface area is 164 Å². The van der Waals surface area contributed by atoms with Gasteiger partial charge in [-0.05, 0) is 36.8 Å². The zero-order chi connectivity index (χ0) is 19.2. The van der Waals surface area contributed by atoms with Gasteiger partial charge in [0.25, 0.3) is 0 Å². The van der Waals surface area contributed by atoms with E-state index in [1.807, 2.05) is 36.1 Å². The second-order valence-electron chi connectivity index (χ2n) is 7.34. The first-order valence-corrected chi connectivity index (χ1v) is 11.1. The van der Waals surface area contributed by atoms with Crippen LogP contribution in [0.4, 0.5) is 5.69 Å². The molecular formula is C20H21ClN2O3S. The van der Waals surface area contributed by atoms with Crippen LogP contribution in [0.25, 0.3) is 0 Å². The van der Waals surface area contributed by atoms with Gasteiger partial charge in [-0.15, -0.1) is 0 Å². The summed E-state index contributed by atoms with van der Waals surface area (Å²) in [5.74, 6) is -0.0000722. The van der Waals surface area contributed by atoms with Gasteiger partial charge >= 0.3 is 0 Å². The number of hydrogen-bond acceptors (Lipinski definition) is 4. The maximum Gasteiger partial charge on any atom is 0.241 e. The number of piperazine rings is 1. The molecule has 2 heterocycles. The molecule has 2 aliphatic heterocycles. The summed E-state index contributed by atoms with van der Waals surface area (Å²) in [5, 5.41) is 0.583. The van der Waals surface area contributed by atoms with Crippen LogP contribution >= 0.6 is 11.6 Å².